The molecule has 0 saturated carbocycles. The van der Waals surface area contributed by atoms with Crippen molar-refractivity contribution in [3.63, 3.8) is 0 Å². The summed E-state index contributed by atoms with van der Waals surface area (Å²) in [6, 6.07) is 0.0247. The highest BCUT2D eigenvalue weighted by molar-refractivity contribution is 6.33. The zero-order valence-corrected chi connectivity index (χ0v) is 13.5. The van der Waals surface area contributed by atoms with Gasteiger partial charge in [0.1, 0.15) is 0 Å². The zero-order chi connectivity index (χ0) is 15.5. The van der Waals surface area contributed by atoms with Gasteiger partial charge in [0.05, 0.1) is 10.5 Å². The van der Waals surface area contributed by atoms with Gasteiger partial charge in [0.25, 0.3) is 6.01 Å². The van der Waals surface area contributed by atoms with Crippen LogP contribution in [0.2, 0.25) is 5.02 Å². The first kappa shape index (κ1) is 15.3. The van der Waals surface area contributed by atoms with Crippen LogP contribution >= 0.6 is 11.6 Å². The van der Waals surface area contributed by atoms with E-state index in [9.17, 15) is 5.11 Å². The van der Waals surface area contributed by atoms with Gasteiger partial charge in [-0.3, -0.25) is 4.57 Å². The van der Waals surface area contributed by atoms with Gasteiger partial charge in [-0.1, -0.05) is 37.4 Å². The molecule has 0 unspecified atom stereocenters. The number of aromatic nitrogens is 3. The Kier molecular flexibility index (Phi) is 4.64. The van der Waals surface area contributed by atoms with Gasteiger partial charge in [-0.15, -0.1) is 0 Å². The van der Waals surface area contributed by atoms with E-state index < -0.39 is 0 Å². The van der Waals surface area contributed by atoms with E-state index in [2.05, 4.69) is 28.3 Å². The lowest BCUT2D eigenvalue weighted by Gasteiger charge is -2.17. The van der Waals surface area contributed by atoms with Crippen LogP contribution in [0.4, 0.5) is 0 Å². The summed E-state index contributed by atoms with van der Waals surface area (Å²) in [5.41, 5.74) is 3.59. The maximum absolute atomic E-state index is 10.2. The molecule has 6 heteroatoms. The highest BCUT2D eigenvalue weighted by Crippen LogP contribution is 2.35. The second-order valence-corrected chi connectivity index (χ2v) is 6.01. The summed E-state index contributed by atoms with van der Waals surface area (Å²) in [7, 11) is 0. The van der Waals surface area contributed by atoms with Crippen molar-refractivity contribution >= 4 is 28.3 Å². The average molecular weight is 321 g/mol. The highest BCUT2D eigenvalue weighted by atomic mass is 35.5. The van der Waals surface area contributed by atoms with Crippen molar-refractivity contribution in [1.29, 1.82) is 0 Å². The molecule has 3 heterocycles. The molecule has 3 rings (SSSR count). The number of aromatic hydroxyl groups is 1. The molecule has 0 amide bonds. The van der Waals surface area contributed by atoms with Crippen molar-refractivity contribution in [2.24, 2.45) is 0 Å². The minimum Gasteiger partial charge on any atom is -0.480 e. The summed E-state index contributed by atoms with van der Waals surface area (Å²) < 4.78 is 1.85. The van der Waals surface area contributed by atoms with Crippen LogP contribution in [0.25, 0.3) is 16.7 Å². The molecule has 22 heavy (non-hydrogen) atoms. The van der Waals surface area contributed by atoms with Crippen molar-refractivity contribution in [3.8, 4) is 6.01 Å². The molecular formula is C16H21ClN4O. The number of halogens is 1. The molecule has 1 aliphatic heterocycles. The zero-order valence-electron chi connectivity index (χ0n) is 12.8. The first-order valence-electron chi connectivity index (χ1n) is 7.86. The summed E-state index contributed by atoms with van der Waals surface area (Å²) in [6.45, 7) is 4.67. The monoisotopic (exact) mass is 320 g/mol. The Morgan fingerprint density at radius 2 is 2.27 bits per heavy atom. The van der Waals surface area contributed by atoms with Gasteiger partial charge >= 0.3 is 0 Å². The van der Waals surface area contributed by atoms with E-state index in [1.165, 1.54) is 5.57 Å². The molecule has 5 nitrogen and oxygen atoms in total. The van der Waals surface area contributed by atoms with Gasteiger partial charge in [-0.05, 0) is 25.0 Å². The molecule has 1 aliphatic rings. The maximum Gasteiger partial charge on any atom is 0.296 e. The van der Waals surface area contributed by atoms with E-state index in [0.29, 0.717) is 10.7 Å². The average Bonchev–Trinajstić information content (AvgIpc) is 2.85. The number of hydrogen-bond donors (Lipinski definition) is 2. The molecule has 0 radical (unpaired) electrons. The van der Waals surface area contributed by atoms with Gasteiger partial charge in [0.15, 0.2) is 5.65 Å². The summed E-state index contributed by atoms with van der Waals surface area (Å²) in [4.78, 5) is 8.47. The van der Waals surface area contributed by atoms with Crippen molar-refractivity contribution in [1.82, 2.24) is 19.9 Å². The fourth-order valence-corrected chi connectivity index (χ4v) is 3.21. The number of nitrogens with one attached hydrogen (secondary N) is 1. The third-order valence-corrected chi connectivity index (χ3v) is 4.36. The van der Waals surface area contributed by atoms with E-state index in [-0.39, 0.29) is 6.01 Å². The van der Waals surface area contributed by atoms with Crippen LogP contribution in [0.3, 0.4) is 0 Å². The lowest BCUT2D eigenvalue weighted by Crippen LogP contribution is -2.20. The number of rotatable bonds is 5. The van der Waals surface area contributed by atoms with Gasteiger partial charge in [0, 0.05) is 24.8 Å². The third kappa shape index (κ3) is 2.83. The standard InChI is InChI=1S/C16H21ClN4O/c1-2-3-4-9-21-14-13(11-5-7-18-8-6-11)12(17)10-19-15(14)20-16(21)22/h5,10,18H,2-4,6-9H2,1H3,(H,19,20,22). The lowest BCUT2D eigenvalue weighted by molar-refractivity contribution is 0.397. The fourth-order valence-electron chi connectivity index (χ4n) is 2.95. The number of imidazole rings is 1. The first-order valence-corrected chi connectivity index (χ1v) is 8.24. The Balaban J connectivity index is 2.12. The Morgan fingerprint density at radius 1 is 1.41 bits per heavy atom. The predicted octanol–water partition coefficient (Wildman–Crippen LogP) is 3.36. The van der Waals surface area contributed by atoms with E-state index in [1.54, 1.807) is 6.20 Å². The Labute approximate surface area is 135 Å². The molecule has 0 fully saturated rings. The van der Waals surface area contributed by atoms with Crippen LogP contribution < -0.4 is 5.32 Å². The minimum absolute atomic E-state index is 0.0247. The van der Waals surface area contributed by atoms with E-state index in [4.69, 9.17) is 11.6 Å². The van der Waals surface area contributed by atoms with Crippen LogP contribution in [0.5, 0.6) is 6.01 Å². The van der Waals surface area contributed by atoms with Crippen LogP contribution in [-0.4, -0.2) is 32.7 Å². The van der Waals surface area contributed by atoms with Crippen molar-refractivity contribution < 1.29 is 5.11 Å². The molecule has 0 aromatic carbocycles. The molecule has 0 aliphatic carbocycles. The quantitative estimate of drug-likeness (QED) is 0.829. The predicted molar refractivity (Wildman–Crippen MR) is 89.2 cm³/mol. The van der Waals surface area contributed by atoms with E-state index in [1.807, 2.05) is 4.57 Å². The molecule has 118 valence electrons. The molecule has 2 aromatic rings. The number of hydrogen-bond acceptors (Lipinski definition) is 4. The molecular weight excluding hydrogens is 300 g/mol. The topological polar surface area (TPSA) is 63.0 Å². The maximum atomic E-state index is 10.2. The van der Waals surface area contributed by atoms with Crippen LogP contribution in [0.15, 0.2) is 12.3 Å². The number of fused-ring (bicyclic) bond motifs is 1. The molecule has 0 saturated heterocycles. The second kappa shape index (κ2) is 6.67. The Bertz CT molecular complexity index is 708. The number of aryl methyl sites for hydroxylation is 1. The van der Waals surface area contributed by atoms with Gasteiger partial charge in [0.2, 0.25) is 0 Å². The Hall–Kier alpha value is -1.59. The number of nitrogens with zero attached hydrogens (tertiary/aromatic N) is 3. The first-order chi connectivity index (χ1) is 10.7. The summed E-state index contributed by atoms with van der Waals surface area (Å²) in [5, 5.41) is 14.1. The number of unbranched alkanes of at least 4 members (excludes halogenated alkanes) is 2. The van der Waals surface area contributed by atoms with Gasteiger partial charge in [-0.25, -0.2) is 4.98 Å². The molecule has 2 N–H and O–H groups in total. The van der Waals surface area contributed by atoms with E-state index >= 15 is 0 Å². The number of pyridine rings is 1. The van der Waals surface area contributed by atoms with Crippen molar-refractivity contribution in [2.45, 2.75) is 39.2 Å². The Morgan fingerprint density at radius 3 is 3.00 bits per heavy atom. The highest BCUT2D eigenvalue weighted by Gasteiger charge is 2.20. The summed E-state index contributed by atoms with van der Waals surface area (Å²) >= 11 is 6.43. The lowest BCUT2D eigenvalue weighted by atomic mass is 10.00. The summed E-state index contributed by atoms with van der Waals surface area (Å²) in [6.07, 6.45) is 7.96. The van der Waals surface area contributed by atoms with Crippen LogP contribution in [0.1, 0.15) is 38.2 Å². The smallest absolute Gasteiger partial charge is 0.296 e. The van der Waals surface area contributed by atoms with E-state index in [0.717, 1.165) is 56.4 Å². The van der Waals surface area contributed by atoms with Gasteiger partial charge < -0.3 is 10.4 Å². The summed E-state index contributed by atoms with van der Waals surface area (Å²) in [5.74, 6) is 0. The van der Waals surface area contributed by atoms with Gasteiger partial charge in [-0.2, -0.15) is 4.98 Å². The fraction of sp³-hybridized carbons (Fsp3) is 0.500. The van der Waals surface area contributed by atoms with Crippen molar-refractivity contribution in [3.05, 3.63) is 22.9 Å². The van der Waals surface area contributed by atoms with Crippen LogP contribution in [0, 0.1) is 0 Å². The molecule has 0 atom stereocenters. The molecule has 2 aromatic heterocycles. The third-order valence-electron chi connectivity index (χ3n) is 4.08. The van der Waals surface area contributed by atoms with Crippen molar-refractivity contribution in [2.75, 3.05) is 13.1 Å². The largest absolute Gasteiger partial charge is 0.480 e. The molecule has 0 spiro atoms. The van der Waals surface area contributed by atoms with Crippen LogP contribution in [-0.2, 0) is 6.54 Å². The normalized spacial score (nSPS) is 15.3. The second-order valence-electron chi connectivity index (χ2n) is 5.61. The SMILES string of the molecule is CCCCCn1c(O)nc2ncc(Cl)c(C3=CCNCC3)c21. The molecule has 0 bridgehead atoms. The minimum atomic E-state index is 0.0247.